The molecule has 3 aliphatic rings. The first kappa shape index (κ1) is 115. The van der Waals surface area contributed by atoms with E-state index in [0.29, 0.717) is 67.5 Å². The summed E-state index contributed by atoms with van der Waals surface area (Å²) in [7, 11) is 3.25. The molecule has 11 rings (SSSR count). The zero-order chi connectivity index (χ0) is 94.1. The number of aromatic carboxylic acids is 1. The molecule has 0 unspecified atom stereocenters. The van der Waals surface area contributed by atoms with Crippen molar-refractivity contribution in [1.29, 1.82) is 0 Å². The van der Waals surface area contributed by atoms with E-state index < -0.39 is 11.4 Å². The number of aliphatic hydroxyl groups is 1. The van der Waals surface area contributed by atoms with Crippen LogP contribution in [0.25, 0.3) is 55.6 Å². The van der Waals surface area contributed by atoms with Crippen molar-refractivity contribution < 1.29 is 239 Å². The van der Waals surface area contributed by atoms with Gasteiger partial charge in [-0.3, -0.25) is 5.26 Å². The van der Waals surface area contributed by atoms with Gasteiger partial charge in [0.1, 0.15) is 19.8 Å². The molecule has 0 fully saturated rings. The topological polar surface area (TPSA) is 253 Å². The molecule has 0 aromatic heterocycles. The van der Waals surface area contributed by atoms with Crippen LogP contribution in [0.15, 0.2) is 146 Å². The largest absolute Gasteiger partial charge is 1.00 e. The Morgan fingerprint density at radius 3 is 1.09 bits per heavy atom. The van der Waals surface area contributed by atoms with Crippen LogP contribution in [0.1, 0.15) is 284 Å². The molecule has 0 saturated heterocycles. The molecule has 0 bridgehead atoms. The molecular formula is C113H153Cs2O21+. The zero-order valence-electron chi connectivity index (χ0n) is 83.3. The van der Waals surface area contributed by atoms with E-state index in [2.05, 4.69) is 160 Å². The summed E-state index contributed by atoms with van der Waals surface area (Å²) in [4.78, 5) is 19.1. The maximum absolute atomic E-state index is 14.9. The van der Waals surface area contributed by atoms with Crippen LogP contribution in [0.4, 0.5) is 0 Å². The maximum Gasteiger partial charge on any atom is 1.00 e. The van der Waals surface area contributed by atoms with E-state index in [1.54, 1.807) is 20.3 Å². The van der Waals surface area contributed by atoms with Gasteiger partial charge in [-0.1, -0.05) is 285 Å². The van der Waals surface area contributed by atoms with Crippen LogP contribution in [-0.4, -0.2) is 195 Å². The van der Waals surface area contributed by atoms with E-state index in [0.717, 1.165) is 95.9 Å². The van der Waals surface area contributed by atoms with E-state index in [1.165, 1.54) is 179 Å². The van der Waals surface area contributed by atoms with Gasteiger partial charge in [0.25, 0.3) is 0 Å². The fourth-order valence-corrected chi connectivity index (χ4v) is 20.3. The van der Waals surface area contributed by atoms with Gasteiger partial charge in [-0.15, -0.1) is 0 Å². The van der Waals surface area contributed by atoms with E-state index in [-0.39, 0.29) is 298 Å². The number of aldehydes is 1. The van der Waals surface area contributed by atoms with Gasteiger partial charge >= 0.3 is 144 Å². The minimum Gasteiger partial charge on any atom is -0.545 e. The van der Waals surface area contributed by atoms with Crippen molar-refractivity contribution in [1.82, 2.24) is 0 Å². The van der Waals surface area contributed by atoms with Crippen LogP contribution in [0, 0.1) is 0 Å². The normalized spacial score (nSPS) is 13.3. The van der Waals surface area contributed by atoms with Gasteiger partial charge < -0.3 is 86.6 Å². The Labute approximate surface area is 929 Å². The van der Waals surface area contributed by atoms with Crippen molar-refractivity contribution in [2.75, 3.05) is 173 Å². The second-order valence-electron chi connectivity index (χ2n) is 35.9. The summed E-state index contributed by atoms with van der Waals surface area (Å²) in [5.41, 5.74) is 18.5. The van der Waals surface area contributed by atoms with Gasteiger partial charge in [0.2, 0.25) is 0 Å². The van der Waals surface area contributed by atoms with E-state index in [1.807, 2.05) is 12.1 Å². The third-order valence-electron chi connectivity index (χ3n) is 27.0. The van der Waals surface area contributed by atoms with Gasteiger partial charge in [-0.2, -0.15) is 4.58 Å². The Bertz CT molecular complexity index is 4590. The van der Waals surface area contributed by atoms with Crippen LogP contribution >= 0.6 is 0 Å². The third-order valence-corrected chi connectivity index (χ3v) is 27.0. The molecule has 0 amide bonds. The molecule has 2 N–H and O–H groups in total. The van der Waals surface area contributed by atoms with Crippen LogP contribution in [0.2, 0.25) is 0 Å². The number of rotatable bonds is 75. The number of benzene rings is 8. The summed E-state index contributed by atoms with van der Waals surface area (Å²) < 4.78 is 89.5. The van der Waals surface area contributed by atoms with Crippen molar-refractivity contribution in [2.24, 2.45) is 0 Å². The number of fused-ring (bicyclic) bond motifs is 9. The summed E-state index contributed by atoms with van der Waals surface area (Å²) in [5, 5.41) is 46.8. The molecule has 3 aliphatic carbocycles. The fraction of sp³-hybridized carbons (Fsp3) is 0.558. The number of ether oxygens (including phenoxy) is 14. The molecule has 0 heterocycles. The predicted molar refractivity (Wildman–Crippen MR) is 525 cm³/mol. The smallest absolute Gasteiger partial charge is 0.545 e. The Morgan fingerprint density at radius 1 is 0.353 bits per heavy atom. The standard InChI is InChI=1S/C113H154O21.2Cs/c1-7-11-15-19-23-31-47-111(48-32-24-20-16-12-8-2)102-37-29-27-35-94(102)96-43-39-86(77-104(96)111)88-41-45-98-99-46-42-89(87-40-44-97-95-36-28-30-38-103(95)112(105(97)78-87,49-33-25-21-17-13-9-3)50-34-26-22-18-14-10-4)80-107(99)113(106(98)79-88,93-81-100(110(115)116)109(132-73-70-127-63-60-123-56-54-120-6)108(82-93)131-72-69-126-62-59-122-55-53-119-5)92-75-90(83-129-67-65-124-58-57-121-52-51-114)101(91(76-92)84-134-118)85-130-68-66-125-61-64-128-71-74-133-117;;/h27-30,35-46,75-82,84,114,117H,7-26,31-34,47-74,83,85H2,1-6H3,(H,115,116);;/q;2*+1/p-1. The Morgan fingerprint density at radius 2 is 0.691 bits per heavy atom. The van der Waals surface area contributed by atoms with E-state index in [4.69, 9.17) is 76.1 Å². The number of methoxy groups -OCH3 is 2. The molecule has 21 nitrogen and oxygen atoms in total. The predicted octanol–water partition coefficient (Wildman–Crippen LogP) is 15.6. The van der Waals surface area contributed by atoms with Gasteiger partial charge in [0.05, 0.1) is 169 Å². The Balaban J connectivity index is 0.0000104. The molecule has 0 atom stereocenters. The van der Waals surface area contributed by atoms with Crippen molar-refractivity contribution in [2.45, 2.75) is 237 Å². The molecular weight excluding hydrogens is 1960 g/mol. The molecule has 0 spiro atoms. The quantitative estimate of drug-likeness (QED) is 0.0118. The minimum absolute atomic E-state index is 0. The first-order valence-electron chi connectivity index (χ1n) is 50.4. The first-order valence-corrected chi connectivity index (χ1v) is 50.4. The molecule has 732 valence electrons. The number of carbonyl (C=O) groups excluding carboxylic acids is 2. The van der Waals surface area contributed by atoms with Crippen LogP contribution in [0.5, 0.6) is 11.5 Å². The van der Waals surface area contributed by atoms with Crippen LogP contribution in [0.3, 0.4) is 0 Å². The number of carboxylic acid groups (broad SMARTS) is 1. The monoisotopic (exact) mass is 2110 g/mol. The molecule has 136 heavy (non-hydrogen) atoms. The summed E-state index contributed by atoms with van der Waals surface area (Å²) in [5.74, 6) is -1.47. The summed E-state index contributed by atoms with van der Waals surface area (Å²) >= 11 is 0. The van der Waals surface area contributed by atoms with Gasteiger partial charge in [-0.05, 0) is 179 Å². The number of aliphatic hydroxyl groups excluding tert-OH is 1. The molecule has 8 aromatic rings. The molecule has 0 radical (unpaired) electrons. The fourth-order valence-electron chi connectivity index (χ4n) is 20.3. The number of hydrogen-bond acceptors (Lipinski definition) is 20. The summed E-state index contributed by atoms with van der Waals surface area (Å²) in [6, 6.07) is 54.0. The second-order valence-corrected chi connectivity index (χ2v) is 35.9. The SMILES string of the molecule is CCCCCCCCC1(CCCCCCCC)c2ccccc2-c2ccc(-c3ccc4c(c3)C(c3cc(C=[O+][O-])c(COCCOCCOCCOO)c(COCCOCCOCCO)c3)(c3cc(OCCOCCOCCOC)c(OCCOCCOCCOC)c(C(=O)[O-])c3)c3cc(-c5ccc6c(c5)C(CCCCCCCC)(CCCCCCCC)c5ccccc5-6)ccc3-4)cc21.[Cs+].[Cs+]. The first-order chi connectivity index (χ1) is 66.0. The minimum atomic E-state index is -1.56. The average Bonchev–Trinajstić information content (AvgIpc) is 1.51. The maximum atomic E-state index is 14.9. The van der Waals surface area contributed by atoms with Crippen molar-refractivity contribution in [3.63, 3.8) is 0 Å². The second kappa shape index (κ2) is 65.2. The number of unbranched alkanes of at least 4 members (excludes halogenated alkanes) is 20. The van der Waals surface area contributed by atoms with Crippen LogP contribution in [-0.2, 0) is 91.2 Å². The molecule has 8 aromatic carbocycles. The van der Waals surface area contributed by atoms with Crippen LogP contribution < -0.4 is 158 Å². The van der Waals surface area contributed by atoms with Gasteiger partial charge in [-0.25, -0.2) is 4.89 Å². The Hall–Kier alpha value is -4.20. The third kappa shape index (κ3) is 32.4. The number of hydrogen-bond donors (Lipinski definition) is 2. The zero-order valence-corrected chi connectivity index (χ0v) is 95.8. The molecule has 23 heteroatoms. The molecule has 0 saturated carbocycles. The van der Waals surface area contributed by atoms with E-state index >= 15 is 0 Å². The van der Waals surface area contributed by atoms with Gasteiger partial charge in [0.15, 0.2) is 11.5 Å². The van der Waals surface area contributed by atoms with Crippen molar-refractivity contribution >= 4 is 12.3 Å². The Kier molecular flexibility index (Phi) is 55.3. The summed E-state index contributed by atoms with van der Waals surface area (Å²) in [6.07, 6.45) is 33.8. The number of carbonyl (C=O) groups is 1. The molecule has 0 aliphatic heterocycles. The summed E-state index contributed by atoms with van der Waals surface area (Å²) in [6.45, 7) is 14.0. The van der Waals surface area contributed by atoms with Crippen molar-refractivity contribution in [3.8, 4) is 67.1 Å². The van der Waals surface area contributed by atoms with Crippen molar-refractivity contribution in [3.05, 3.63) is 212 Å². The number of carboxylic acids is 1. The van der Waals surface area contributed by atoms with E-state index in [9.17, 15) is 20.3 Å². The van der Waals surface area contributed by atoms with Gasteiger partial charge in [0, 0.05) is 30.6 Å². The average molecular weight is 2110 g/mol.